The number of ether oxygens (including phenoxy) is 3. The van der Waals surface area contributed by atoms with Gasteiger partial charge in [-0.2, -0.15) is 0 Å². The Morgan fingerprint density at radius 3 is 0.714 bits per heavy atom. The number of allylic oxidation sites excluding steroid dienone is 4. The van der Waals surface area contributed by atoms with Crippen molar-refractivity contribution in [3.8, 4) is 0 Å². The van der Waals surface area contributed by atoms with E-state index in [0.717, 1.165) is 57.8 Å². The summed E-state index contributed by atoms with van der Waals surface area (Å²) in [4.78, 5) is 38.2. The zero-order valence-electron chi connectivity index (χ0n) is 47.3. The van der Waals surface area contributed by atoms with E-state index in [-0.39, 0.29) is 31.1 Å². The van der Waals surface area contributed by atoms with Gasteiger partial charge in [0.25, 0.3) is 0 Å². The molecular weight excluding hydrogens is 865 g/mol. The lowest BCUT2D eigenvalue weighted by atomic mass is 10.0. The molecule has 0 rings (SSSR count). The van der Waals surface area contributed by atoms with Crippen molar-refractivity contribution >= 4 is 17.9 Å². The number of unbranched alkanes of at least 4 members (excludes halogenated alkanes) is 43. The number of hydrogen-bond donors (Lipinski definition) is 0. The van der Waals surface area contributed by atoms with Crippen LogP contribution in [0.25, 0.3) is 0 Å². The molecule has 0 amide bonds. The molecule has 0 aliphatic heterocycles. The van der Waals surface area contributed by atoms with Crippen LogP contribution in [0, 0.1) is 0 Å². The van der Waals surface area contributed by atoms with Gasteiger partial charge in [-0.1, -0.05) is 283 Å². The minimum atomic E-state index is -0.769. The van der Waals surface area contributed by atoms with Gasteiger partial charge in [-0.05, 0) is 70.6 Å². The van der Waals surface area contributed by atoms with Gasteiger partial charge in [0.15, 0.2) is 6.10 Å². The highest BCUT2D eigenvalue weighted by Crippen LogP contribution is 2.17. The standard InChI is InChI=1S/C64H120O6/c1-4-7-10-13-16-19-22-25-27-29-31-32-34-36-38-40-43-46-49-52-55-58-64(67)70-61(59-68-62(65)56-53-50-47-44-41-24-21-18-15-12-9-6-3)60-69-63(66)57-54-51-48-45-42-39-37-35-33-30-28-26-23-20-17-14-11-8-5-2/h25-28,61H,4-24,29-60H2,1-3H3/b27-25-,28-26-/t61-/m0/s1. The van der Waals surface area contributed by atoms with Crippen molar-refractivity contribution in [3.63, 3.8) is 0 Å². The summed E-state index contributed by atoms with van der Waals surface area (Å²) in [6, 6.07) is 0. The van der Waals surface area contributed by atoms with Crippen LogP contribution in [0.1, 0.15) is 348 Å². The number of carbonyl (C=O) groups is 3. The first-order chi connectivity index (χ1) is 34.5. The maximum absolute atomic E-state index is 12.9. The summed E-state index contributed by atoms with van der Waals surface area (Å²) < 4.78 is 16.9. The Morgan fingerprint density at radius 1 is 0.271 bits per heavy atom. The highest BCUT2D eigenvalue weighted by molar-refractivity contribution is 5.71. The average molecular weight is 986 g/mol. The van der Waals surface area contributed by atoms with Gasteiger partial charge in [0.2, 0.25) is 0 Å². The SMILES string of the molecule is CCCCCCCC/C=C\CCCCCCCCCCCCCC(=O)O[C@H](COC(=O)CCCCCCCCCCC/C=C\CCCCCCCC)COC(=O)CCCCCCCCCCCCCC. The lowest BCUT2D eigenvalue weighted by Gasteiger charge is -2.18. The molecule has 0 aliphatic carbocycles. The first-order valence-corrected chi connectivity index (χ1v) is 31.3. The second kappa shape index (κ2) is 59.5. The van der Waals surface area contributed by atoms with Crippen LogP contribution in [-0.2, 0) is 28.6 Å². The third kappa shape index (κ3) is 56.8. The number of esters is 3. The van der Waals surface area contributed by atoms with Gasteiger partial charge in [0.1, 0.15) is 13.2 Å². The molecule has 1 atom stereocenters. The van der Waals surface area contributed by atoms with E-state index in [1.165, 1.54) is 250 Å². The Balaban J connectivity index is 4.27. The fourth-order valence-electron chi connectivity index (χ4n) is 9.44. The lowest BCUT2D eigenvalue weighted by Crippen LogP contribution is -2.30. The molecule has 0 bridgehead atoms. The fraction of sp³-hybridized carbons (Fsp3) is 0.891. The summed E-state index contributed by atoms with van der Waals surface area (Å²) >= 11 is 0. The van der Waals surface area contributed by atoms with Crippen LogP contribution < -0.4 is 0 Å². The third-order valence-corrected chi connectivity index (χ3v) is 14.2. The normalized spacial score (nSPS) is 12.1. The van der Waals surface area contributed by atoms with Gasteiger partial charge in [-0.3, -0.25) is 14.4 Å². The van der Waals surface area contributed by atoms with Crippen molar-refractivity contribution < 1.29 is 28.6 Å². The Kier molecular flexibility index (Phi) is 57.7. The maximum atomic E-state index is 12.9. The van der Waals surface area contributed by atoms with Gasteiger partial charge in [0, 0.05) is 19.3 Å². The van der Waals surface area contributed by atoms with E-state index in [1.807, 2.05) is 0 Å². The molecule has 0 aliphatic rings. The third-order valence-electron chi connectivity index (χ3n) is 14.2. The maximum Gasteiger partial charge on any atom is 0.306 e. The Labute approximate surface area is 436 Å². The molecule has 0 saturated carbocycles. The van der Waals surface area contributed by atoms with Gasteiger partial charge < -0.3 is 14.2 Å². The molecular formula is C64H120O6. The zero-order chi connectivity index (χ0) is 50.7. The zero-order valence-corrected chi connectivity index (χ0v) is 47.3. The Morgan fingerprint density at radius 2 is 0.471 bits per heavy atom. The summed E-state index contributed by atoms with van der Waals surface area (Å²) in [5, 5.41) is 0. The predicted octanol–water partition coefficient (Wildman–Crippen LogP) is 21.1. The highest BCUT2D eigenvalue weighted by atomic mass is 16.6. The quantitative estimate of drug-likeness (QED) is 0.0261. The second-order valence-electron chi connectivity index (χ2n) is 21.3. The van der Waals surface area contributed by atoms with Crippen molar-refractivity contribution in [2.24, 2.45) is 0 Å². The van der Waals surface area contributed by atoms with Crippen molar-refractivity contribution in [1.82, 2.24) is 0 Å². The molecule has 412 valence electrons. The van der Waals surface area contributed by atoms with Crippen LogP contribution in [0.5, 0.6) is 0 Å². The van der Waals surface area contributed by atoms with Crippen LogP contribution in [-0.4, -0.2) is 37.2 Å². The molecule has 0 N–H and O–H groups in total. The van der Waals surface area contributed by atoms with Crippen LogP contribution >= 0.6 is 0 Å². The molecule has 0 unspecified atom stereocenters. The molecule has 0 saturated heterocycles. The van der Waals surface area contributed by atoms with E-state index >= 15 is 0 Å². The monoisotopic (exact) mass is 985 g/mol. The summed E-state index contributed by atoms with van der Waals surface area (Å²) in [6.07, 6.45) is 70.3. The van der Waals surface area contributed by atoms with Gasteiger partial charge in [-0.25, -0.2) is 0 Å². The Hall–Kier alpha value is -2.11. The fourth-order valence-corrected chi connectivity index (χ4v) is 9.44. The van der Waals surface area contributed by atoms with Crippen molar-refractivity contribution in [2.45, 2.75) is 354 Å². The second-order valence-corrected chi connectivity index (χ2v) is 21.3. The van der Waals surface area contributed by atoms with E-state index < -0.39 is 6.10 Å². The molecule has 0 spiro atoms. The van der Waals surface area contributed by atoms with Crippen LogP contribution in [0.3, 0.4) is 0 Å². The smallest absolute Gasteiger partial charge is 0.306 e. The minimum absolute atomic E-state index is 0.0670. The predicted molar refractivity (Wildman–Crippen MR) is 303 cm³/mol. The van der Waals surface area contributed by atoms with Crippen molar-refractivity contribution in [1.29, 1.82) is 0 Å². The number of rotatable bonds is 58. The average Bonchev–Trinajstić information content (AvgIpc) is 3.36. The van der Waals surface area contributed by atoms with Gasteiger partial charge in [-0.15, -0.1) is 0 Å². The number of carbonyl (C=O) groups excluding carboxylic acids is 3. The first-order valence-electron chi connectivity index (χ1n) is 31.3. The molecule has 70 heavy (non-hydrogen) atoms. The molecule has 0 radical (unpaired) electrons. The van der Waals surface area contributed by atoms with E-state index in [4.69, 9.17) is 14.2 Å². The molecule has 0 fully saturated rings. The molecule has 0 aromatic rings. The topological polar surface area (TPSA) is 78.9 Å². The van der Waals surface area contributed by atoms with Crippen molar-refractivity contribution in [3.05, 3.63) is 24.3 Å². The molecule has 0 heterocycles. The first kappa shape index (κ1) is 67.9. The van der Waals surface area contributed by atoms with Gasteiger partial charge >= 0.3 is 17.9 Å². The van der Waals surface area contributed by atoms with Crippen LogP contribution in [0.4, 0.5) is 0 Å². The van der Waals surface area contributed by atoms with E-state index in [2.05, 4.69) is 45.1 Å². The van der Waals surface area contributed by atoms with E-state index in [0.29, 0.717) is 19.3 Å². The molecule has 0 aromatic carbocycles. The molecule has 6 nitrogen and oxygen atoms in total. The summed E-state index contributed by atoms with van der Waals surface area (Å²) in [5.41, 5.74) is 0. The lowest BCUT2D eigenvalue weighted by molar-refractivity contribution is -0.167. The van der Waals surface area contributed by atoms with Gasteiger partial charge in [0.05, 0.1) is 0 Å². The molecule has 0 aromatic heterocycles. The highest BCUT2D eigenvalue weighted by Gasteiger charge is 2.19. The van der Waals surface area contributed by atoms with Crippen LogP contribution in [0.2, 0.25) is 0 Å². The summed E-state index contributed by atoms with van der Waals surface area (Å²) in [6.45, 7) is 6.68. The summed E-state index contributed by atoms with van der Waals surface area (Å²) in [5.74, 6) is -0.846. The number of hydrogen-bond acceptors (Lipinski definition) is 6. The molecule has 6 heteroatoms. The Bertz CT molecular complexity index is 1130. The summed E-state index contributed by atoms with van der Waals surface area (Å²) in [7, 11) is 0. The largest absolute Gasteiger partial charge is 0.462 e. The van der Waals surface area contributed by atoms with E-state index in [1.54, 1.807) is 0 Å². The van der Waals surface area contributed by atoms with Crippen LogP contribution in [0.15, 0.2) is 24.3 Å². The minimum Gasteiger partial charge on any atom is -0.462 e. The van der Waals surface area contributed by atoms with E-state index in [9.17, 15) is 14.4 Å². The van der Waals surface area contributed by atoms with Crippen molar-refractivity contribution in [2.75, 3.05) is 13.2 Å².